The molecule has 0 spiro atoms. The van der Waals surface area contributed by atoms with Crippen molar-refractivity contribution < 1.29 is 18.8 Å². The van der Waals surface area contributed by atoms with E-state index in [0.717, 1.165) is 0 Å². The summed E-state index contributed by atoms with van der Waals surface area (Å²) in [6.45, 7) is 0. The van der Waals surface area contributed by atoms with Gasteiger partial charge in [0, 0.05) is 0 Å². The summed E-state index contributed by atoms with van der Waals surface area (Å²) in [5, 5.41) is 18.5. The first-order valence-electron chi connectivity index (χ1n) is 5.72. The van der Waals surface area contributed by atoms with Crippen molar-refractivity contribution in [1.29, 1.82) is 0 Å². The Hall–Kier alpha value is -3.17. The molecule has 0 saturated heterocycles. The van der Waals surface area contributed by atoms with Gasteiger partial charge in [0.15, 0.2) is 5.76 Å². The van der Waals surface area contributed by atoms with E-state index >= 15 is 0 Å². The van der Waals surface area contributed by atoms with Crippen LogP contribution in [0.5, 0.6) is 11.8 Å². The van der Waals surface area contributed by atoms with Gasteiger partial charge in [-0.3, -0.25) is 14.5 Å². The van der Waals surface area contributed by atoms with Gasteiger partial charge in [0.1, 0.15) is 4.92 Å². The molecule has 0 aromatic carbocycles. The fourth-order valence-electron chi connectivity index (χ4n) is 1.80. The van der Waals surface area contributed by atoms with Gasteiger partial charge in [0.2, 0.25) is 17.4 Å². The van der Waals surface area contributed by atoms with Crippen LogP contribution in [0.1, 0.15) is 0 Å². The lowest BCUT2D eigenvalue weighted by molar-refractivity contribution is -0.401. The summed E-state index contributed by atoms with van der Waals surface area (Å²) >= 11 is 0. The Morgan fingerprint density at radius 2 is 2.10 bits per heavy atom. The third-order valence-corrected chi connectivity index (χ3v) is 2.73. The Kier molecular flexibility index (Phi) is 2.90. The van der Waals surface area contributed by atoms with Crippen LogP contribution in [0.15, 0.2) is 22.7 Å². The van der Waals surface area contributed by atoms with Gasteiger partial charge in [-0.2, -0.15) is 4.98 Å². The fraction of sp³-hybridized carbons (Fsp3) is 0.182. The van der Waals surface area contributed by atoms with E-state index in [0.29, 0.717) is 5.65 Å². The van der Waals surface area contributed by atoms with Crippen molar-refractivity contribution in [3.05, 3.63) is 28.4 Å². The highest BCUT2D eigenvalue weighted by Crippen LogP contribution is 2.28. The van der Waals surface area contributed by atoms with Gasteiger partial charge in [-0.15, -0.1) is 10.2 Å². The van der Waals surface area contributed by atoms with Crippen molar-refractivity contribution in [3.8, 4) is 23.3 Å². The third kappa shape index (κ3) is 2.02. The average Bonchev–Trinajstić information content (AvgIpc) is 3.12. The van der Waals surface area contributed by atoms with Crippen LogP contribution >= 0.6 is 0 Å². The van der Waals surface area contributed by atoms with E-state index in [1.165, 1.54) is 36.9 Å². The van der Waals surface area contributed by atoms with E-state index in [9.17, 15) is 10.1 Å². The first kappa shape index (κ1) is 12.8. The zero-order valence-corrected chi connectivity index (χ0v) is 11.0. The summed E-state index contributed by atoms with van der Waals surface area (Å²) < 4.78 is 16.8. The quantitative estimate of drug-likeness (QED) is 0.521. The average molecular weight is 291 g/mol. The van der Waals surface area contributed by atoms with Crippen LogP contribution < -0.4 is 9.47 Å². The van der Waals surface area contributed by atoms with Gasteiger partial charge in [-0.1, -0.05) is 0 Å². The van der Waals surface area contributed by atoms with Crippen molar-refractivity contribution in [2.24, 2.45) is 0 Å². The highest BCUT2D eigenvalue weighted by Gasteiger charge is 2.20. The smallest absolute Gasteiger partial charge is 0.433 e. The standard InChI is InChI=1S/C11H9N5O5/c1-19-7-5-15-9(6-3-4-8(21-6)16(17)18)13-14-10(15)11(12-7)20-2/h3-5H,1-2H3. The van der Waals surface area contributed by atoms with Crippen LogP contribution in [0, 0.1) is 10.1 Å². The number of rotatable bonds is 4. The van der Waals surface area contributed by atoms with E-state index in [-0.39, 0.29) is 29.2 Å². The summed E-state index contributed by atoms with van der Waals surface area (Å²) in [4.78, 5) is 14.1. The van der Waals surface area contributed by atoms with E-state index in [2.05, 4.69) is 15.2 Å². The normalized spacial score (nSPS) is 10.8. The number of nitrogens with zero attached hydrogens (tertiary/aromatic N) is 5. The molecule has 0 unspecified atom stereocenters. The molecular weight excluding hydrogens is 282 g/mol. The summed E-state index contributed by atoms with van der Waals surface area (Å²) in [5.41, 5.74) is 0.340. The molecule has 21 heavy (non-hydrogen) atoms. The largest absolute Gasteiger partial charge is 0.480 e. The second-order valence-electron chi connectivity index (χ2n) is 3.90. The van der Waals surface area contributed by atoms with Crippen molar-refractivity contribution in [2.45, 2.75) is 0 Å². The lowest BCUT2D eigenvalue weighted by Crippen LogP contribution is -1.98. The molecule has 3 rings (SSSR count). The van der Waals surface area contributed by atoms with Crippen LogP contribution in [0.3, 0.4) is 0 Å². The predicted octanol–water partition coefficient (Wildman–Crippen LogP) is 1.31. The minimum Gasteiger partial charge on any atom is -0.480 e. The maximum Gasteiger partial charge on any atom is 0.433 e. The number of fused-ring (bicyclic) bond motifs is 1. The fourth-order valence-corrected chi connectivity index (χ4v) is 1.80. The van der Waals surface area contributed by atoms with Gasteiger partial charge in [0.25, 0.3) is 5.88 Å². The maximum absolute atomic E-state index is 10.7. The number of furan rings is 1. The van der Waals surface area contributed by atoms with Crippen LogP contribution in [0.2, 0.25) is 0 Å². The zero-order chi connectivity index (χ0) is 15.0. The van der Waals surface area contributed by atoms with Gasteiger partial charge < -0.3 is 13.9 Å². The van der Waals surface area contributed by atoms with Gasteiger partial charge in [0.05, 0.1) is 26.5 Å². The zero-order valence-electron chi connectivity index (χ0n) is 11.0. The van der Waals surface area contributed by atoms with E-state index < -0.39 is 4.92 Å². The van der Waals surface area contributed by atoms with Crippen LogP contribution in [-0.2, 0) is 0 Å². The lowest BCUT2D eigenvalue weighted by atomic mass is 10.4. The summed E-state index contributed by atoms with van der Waals surface area (Å²) in [6.07, 6.45) is 1.53. The molecule has 0 aliphatic carbocycles. The lowest BCUT2D eigenvalue weighted by Gasteiger charge is -2.04. The molecule has 0 fully saturated rings. The Bertz CT molecular complexity index is 824. The number of hydrogen-bond donors (Lipinski definition) is 0. The van der Waals surface area contributed by atoms with E-state index in [1.807, 2.05) is 0 Å². The number of ether oxygens (including phenoxy) is 2. The molecule has 10 heteroatoms. The Morgan fingerprint density at radius 3 is 2.71 bits per heavy atom. The number of methoxy groups -OCH3 is 2. The van der Waals surface area contributed by atoms with Gasteiger partial charge in [-0.05, 0) is 6.07 Å². The molecule has 0 atom stereocenters. The minimum atomic E-state index is -0.630. The molecular formula is C11H9N5O5. The molecule has 0 aliphatic rings. The molecule has 10 nitrogen and oxygen atoms in total. The van der Waals surface area contributed by atoms with Crippen molar-refractivity contribution in [1.82, 2.24) is 19.6 Å². The molecule has 0 N–H and O–H groups in total. The molecule has 108 valence electrons. The third-order valence-electron chi connectivity index (χ3n) is 2.73. The second-order valence-corrected chi connectivity index (χ2v) is 3.90. The number of aromatic nitrogens is 4. The minimum absolute atomic E-state index is 0.199. The van der Waals surface area contributed by atoms with Gasteiger partial charge >= 0.3 is 5.88 Å². The highest BCUT2D eigenvalue weighted by molar-refractivity contribution is 5.59. The molecule has 3 aromatic heterocycles. The first-order valence-corrected chi connectivity index (χ1v) is 5.72. The molecule has 3 aromatic rings. The van der Waals surface area contributed by atoms with Crippen LogP contribution in [0.25, 0.3) is 17.2 Å². The highest BCUT2D eigenvalue weighted by atomic mass is 16.6. The Morgan fingerprint density at radius 1 is 1.29 bits per heavy atom. The molecule has 0 saturated carbocycles. The topological polar surface area (TPSA) is 118 Å². The number of nitro groups is 1. The van der Waals surface area contributed by atoms with E-state index in [4.69, 9.17) is 13.9 Å². The van der Waals surface area contributed by atoms with Crippen molar-refractivity contribution in [3.63, 3.8) is 0 Å². The van der Waals surface area contributed by atoms with Gasteiger partial charge in [-0.25, -0.2) is 0 Å². The van der Waals surface area contributed by atoms with Crippen LogP contribution in [-0.4, -0.2) is 38.7 Å². The molecule has 0 radical (unpaired) electrons. The maximum atomic E-state index is 10.7. The Balaban J connectivity index is 2.20. The first-order chi connectivity index (χ1) is 10.1. The van der Waals surface area contributed by atoms with Crippen LogP contribution in [0.4, 0.5) is 5.88 Å². The summed E-state index contributed by atoms with van der Waals surface area (Å²) in [6, 6.07) is 2.68. The Labute approximate surface area is 117 Å². The number of hydrogen-bond acceptors (Lipinski definition) is 8. The molecule has 0 bridgehead atoms. The van der Waals surface area contributed by atoms with Crippen molar-refractivity contribution >= 4 is 11.5 Å². The molecule has 0 amide bonds. The molecule has 3 heterocycles. The molecule has 0 aliphatic heterocycles. The monoisotopic (exact) mass is 291 g/mol. The summed E-state index contributed by atoms with van der Waals surface area (Å²) in [7, 11) is 2.89. The SMILES string of the molecule is COc1cn2c(-c3ccc([N+](=O)[O-])o3)nnc2c(OC)n1. The van der Waals surface area contributed by atoms with E-state index in [1.54, 1.807) is 0 Å². The second kappa shape index (κ2) is 4.74. The van der Waals surface area contributed by atoms with Crippen molar-refractivity contribution in [2.75, 3.05) is 14.2 Å². The predicted molar refractivity (Wildman–Crippen MR) is 68.2 cm³/mol. The summed E-state index contributed by atoms with van der Waals surface area (Å²) in [5.74, 6) is 0.590.